The average Bonchev–Trinajstić information content (AvgIpc) is 3.21. The van der Waals surface area contributed by atoms with Crippen molar-refractivity contribution in [3.63, 3.8) is 0 Å². The van der Waals surface area contributed by atoms with Crippen LogP contribution in [0.1, 0.15) is 25.7 Å². The summed E-state index contributed by atoms with van der Waals surface area (Å²) in [6.07, 6.45) is 3.13. The third-order valence-corrected chi connectivity index (χ3v) is 3.99. The molecule has 1 aliphatic carbocycles. The van der Waals surface area contributed by atoms with E-state index in [0.717, 1.165) is 19.3 Å². The highest BCUT2D eigenvalue weighted by Crippen LogP contribution is 2.21. The van der Waals surface area contributed by atoms with Crippen molar-refractivity contribution in [3.05, 3.63) is 24.3 Å². The van der Waals surface area contributed by atoms with Gasteiger partial charge in [-0.3, -0.25) is 4.79 Å². The topological polar surface area (TPSA) is 105 Å². The van der Waals surface area contributed by atoms with Crippen molar-refractivity contribution < 1.29 is 14.3 Å². The Labute approximate surface area is 134 Å². The molecule has 0 aromatic heterocycles. The van der Waals surface area contributed by atoms with E-state index in [9.17, 15) is 9.59 Å². The van der Waals surface area contributed by atoms with Gasteiger partial charge in [-0.05, 0) is 49.9 Å². The van der Waals surface area contributed by atoms with Crippen LogP contribution in [0.3, 0.4) is 0 Å². The van der Waals surface area contributed by atoms with Gasteiger partial charge in [-0.1, -0.05) is 0 Å². The Hall–Kier alpha value is -2.12. The van der Waals surface area contributed by atoms with E-state index in [-0.39, 0.29) is 18.0 Å². The van der Waals surface area contributed by atoms with Crippen molar-refractivity contribution in [3.8, 4) is 0 Å². The van der Waals surface area contributed by atoms with Gasteiger partial charge in [0.2, 0.25) is 0 Å². The number of amides is 3. The minimum absolute atomic E-state index is 0.0256. The molecule has 1 saturated heterocycles. The molecule has 1 aromatic carbocycles. The van der Waals surface area contributed by atoms with Gasteiger partial charge < -0.3 is 26.4 Å². The van der Waals surface area contributed by atoms with Crippen LogP contribution in [0.2, 0.25) is 0 Å². The Morgan fingerprint density at radius 3 is 2.26 bits per heavy atom. The van der Waals surface area contributed by atoms with Crippen molar-refractivity contribution in [1.29, 1.82) is 0 Å². The van der Waals surface area contributed by atoms with Gasteiger partial charge in [0.25, 0.3) is 5.91 Å². The summed E-state index contributed by atoms with van der Waals surface area (Å²) >= 11 is 0. The number of hydrogen-bond acceptors (Lipinski definition) is 4. The quantitative estimate of drug-likeness (QED) is 0.659. The van der Waals surface area contributed by atoms with Gasteiger partial charge in [-0.2, -0.15) is 0 Å². The zero-order valence-corrected chi connectivity index (χ0v) is 12.9. The minimum Gasteiger partial charge on any atom is -0.364 e. The molecule has 3 rings (SSSR count). The second-order valence-corrected chi connectivity index (χ2v) is 6.00. The highest BCUT2D eigenvalue weighted by Gasteiger charge is 2.29. The average molecular weight is 318 g/mol. The molecule has 1 aliphatic heterocycles. The van der Waals surface area contributed by atoms with Crippen molar-refractivity contribution in [2.24, 2.45) is 5.73 Å². The molecule has 7 nitrogen and oxygen atoms in total. The first-order valence-electron chi connectivity index (χ1n) is 7.98. The maximum absolute atomic E-state index is 12.1. The fourth-order valence-corrected chi connectivity index (χ4v) is 2.51. The lowest BCUT2D eigenvalue weighted by atomic mass is 10.2. The zero-order valence-electron chi connectivity index (χ0n) is 12.9. The maximum Gasteiger partial charge on any atom is 0.319 e. The van der Waals surface area contributed by atoms with Crippen LogP contribution in [0.4, 0.5) is 16.2 Å². The van der Waals surface area contributed by atoms with E-state index in [4.69, 9.17) is 10.5 Å². The summed E-state index contributed by atoms with van der Waals surface area (Å²) < 4.78 is 5.56. The molecule has 0 spiro atoms. The van der Waals surface area contributed by atoms with Crippen molar-refractivity contribution >= 4 is 23.3 Å². The number of hydrogen-bond donors (Lipinski definition) is 4. The van der Waals surface area contributed by atoms with E-state index >= 15 is 0 Å². The third-order valence-electron chi connectivity index (χ3n) is 3.99. The highest BCUT2D eigenvalue weighted by molar-refractivity contribution is 5.95. The van der Waals surface area contributed by atoms with Crippen LogP contribution in [0.25, 0.3) is 0 Å². The number of anilines is 2. The second-order valence-electron chi connectivity index (χ2n) is 6.00. The third kappa shape index (κ3) is 4.43. The summed E-state index contributed by atoms with van der Waals surface area (Å²) in [6, 6.07) is 7.12. The number of carbonyl (C=O) groups is 2. The molecule has 5 N–H and O–H groups in total. The SMILES string of the molecule is NC[C@H]1CC[C@@H](C(=O)Nc2ccc(NC(=O)NC3CC3)cc2)O1. The van der Waals surface area contributed by atoms with Crippen LogP contribution in [-0.4, -0.2) is 36.7 Å². The summed E-state index contributed by atoms with van der Waals surface area (Å²) in [5, 5.41) is 8.43. The molecule has 124 valence electrons. The Balaban J connectivity index is 1.48. The molecule has 0 radical (unpaired) electrons. The molecule has 3 amide bonds. The first kappa shape index (κ1) is 15.8. The van der Waals surface area contributed by atoms with E-state index in [1.54, 1.807) is 24.3 Å². The summed E-state index contributed by atoms with van der Waals surface area (Å²) in [5.74, 6) is -0.159. The van der Waals surface area contributed by atoms with Gasteiger partial charge in [0.1, 0.15) is 6.10 Å². The Morgan fingerprint density at radius 2 is 1.70 bits per heavy atom. The van der Waals surface area contributed by atoms with E-state index in [0.29, 0.717) is 30.4 Å². The summed E-state index contributed by atoms with van der Waals surface area (Å²) in [4.78, 5) is 23.8. The summed E-state index contributed by atoms with van der Waals surface area (Å²) in [6.45, 7) is 0.438. The molecule has 1 heterocycles. The fraction of sp³-hybridized carbons (Fsp3) is 0.500. The molecule has 0 bridgehead atoms. The Kier molecular flexibility index (Phi) is 4.78. The van der Waals surface area contributed by atoms with Gasteiger partial charge in [-0.25, -0.2) is 4.79 Å². The van der Waals surface area contributed by atoms with Crippen LogP contribution in [0.15, 0.2) is 24.3 Å². The van der Waals surface area contributed by atoms with Gasteiger partial charge in [0.15, 0.2) is 0 Å². The highest BCUT2D eigenvalue weighted by atomic mass is 16.5. The fourth-order valence-electron chi connectivity index (χ4n) is 2.51. The maximum atomic E-state index is 12.1. The van der Waals surface area contributed by atoms with Crippen molar-refractivity contribution in [1.82, 2.24) is 5.32 Å². The number of ether oxygens (including phenoxy) is 1. The molecule has 1 aromatic rings. The molecule has 2 fully saturated rings. The largest absolute Gasteiger partial charge is 0.364 e. The smallest absolute Gasteiger partial charge is 0.319 e. The van der Waals surface area contributed by atoms with Crippen LogP contribution in [0, 0.1) is 0 Å². The molecule has 2 aliphatic rings. The van der Waals surface area contributed by atoms with Crippen LogP contribution in [0.5, 0.6) is 0 Å². The molecule has 1 saturated carbocycles. The van der Waals surface area contributed by atoms with Crippen molar-refractivity contribution in [2.45, 2.75) is 43.9 Å². The van der Waals surface area contributed by atoms with Crippen LogP contribution in [-0.2, 0) is 9.53 Å². The predicted octanol–water partition coefficient (Wildman–Crippen LogP) is 1.42. The lowest BCUT2D eigenvalue weighted by Crippen LogP contribution is -2.30. The van der Waals surface area contributed by atoms with Gasteiger partial charge in [-0.15, -0.1) is 0 Å². The van der Waals surface area contributed by atoms with Gasteiger partial charge in [0, 0.05) is 24.0 Å². The van der Waals surface area contributed by atoms with Crippen LogP contribution < -0.4 is 21.7 Å². The zero-order chi connectivity index (χ0) is 16.2. The number of urea groups is 1. The first-order chi connectivity index (χ1) is 11.1. The van der Waals surface area contributed by atoms with E-state index < -0.39 is 6.10 Å². The summed E-state index contributed by atoms with van der Waals surface area (Å²) in [5.41, 5.74) is 6.89. The number of nitrogens with two attached hydrogens (primary N) is 1. The second kappa shape index (κ2) is 6.97. The Morgan fingerprint density at radius 1 is 1.04 bits per heavy atom. The number of carbonyl (C=O) groups excluding carboxylic acids is 2. The minimum atomic E-state index is -0.439. The first-order valence-corrected chi connectivity index (χ1v) is 7.98. The standard InChI is InChI=1S/C16H22N4O3/c17-9-13-7-8-14(23-13)15(21)18-10-1-3-11(4-2-10)19-16(22)20-12-5-6-12/h1-4,12-14H,5-9,17H2,(H,18,21)(H2,19,20,22)/t13-,14+/m1/s1. The monoisotopic (exact) mass is 318 g/mol. The van der Waals surface area contributed by atoms with Crippen molar-refractivity contribution in [2.75, 3.05) is 17.2 Å². The van der Waals surface area contributed by atoms with E-state index in [1.807, 2.05) is 0 Å². The molecular formula is C16H22N4O3. The predicted molar refractivity (Wildman–Crippen MR) is 87.2 cm³/mol. The molecule has 0 unspecified atom stereocenters. The normalized spacial score (nSPS) is 23.3. The summed E-state index contributed by atoms with van der Waals surface area (Å²) in [7, 11) is 0. The number of benzene rings is 1. The lowest BCUT2D eigenvalue weighted by Gasteiger charge is -2.13. The molecule has 23 heavy (non-hydrogen) atoms. The lowest BCUT2D eigenvalue weighted by molar-refractivity contribution is -0.126. The Bertz CT molecular complexity index is 571. The van der Waals surface area contributed by atoms with E-state index in [2.05, 4.69) is 16.0 Å². The number of nitrogens with one attached hydrogen (secondary N) is 3. The number of rotatable bonds is 5. The van der Waals surface area contributed by atoms with E-state index in [1.165, 1.54) is 0 Å². The van der Waals surface area contributed by atoms with Gasteiger partial charge >= 0.3 is 6.03 Å². The molecular weight excluding hydrogens is 296 g/mol. The molecule has 2 atom stereocenters. The molecule has 7 heteroatoms. The van der Waals surface area contributed by atoms with Gasteiger partial charge in [0.05, 0.1) is 6.10 Å². The van der Waals surface area contributed by atoms with Crippen LogP contribution >= 0.6 is 0 Å².